The van der Waals surface area contributed by atoms with Gasteiger partial charge in [0.05, 0.1) is 11.2 Å². The monoisotopic (exact) mass is 238 g/mol. The van der Waals surface area contributed by atoms with E-state index >= 15 is 0 Å². The summed E-state index contributed by atoms with van der Waals surface area (Å²) in [4.78, 5) is 0. The Bertz CT molecular complexity index is 262. The van der Waals surface area contributed by atoms with Crippen LogP contribution in [0.5, 0.6) is 0 Å². The molecule has 0 spiro atoms. The fraction of sp³-hybridized carbons (Fsp3) is 1.00. The summed E-state index contributed by atoms with van der Waals surface area (Å²) in [6.45, 7) is 13.3. The Morgan fingerprint density at radius 2 is 1.24 bits per heavy atom. The lowest BCUT2D eigenvalue weighted by Gasteiger charge is -2.32. The molecular weight excluding hydrogens is 211 g/mol. The summed E-state index contributed by atoms with van der Waals surface area (Å²) in [5, 5.41) is 0. The van der Waals surface area contributed by atoms with Gasteiger partial charge >= 0.3 is 7.12 Å². The van der Waals surface area contributed by atoms with Crippen LogP contribution >= 0.6 is 0 Å². The highest BCUT2D eigenvalue weighted by Gasteiger charge is 2.54. The Morgan fingerprint density at radius 1 is 0.824 bits per heavy atom. The first-order chi connectivity index (χ1) is 7.71. The molecule has 0 aromatic rings. The van der Waals surface area contributed by atoms with Crippen molar-refractivity contribution in [2.45, 2.75) is 77.8 Å². The van der Waals surface area contributed by atoms with Crippen molar-refractivity contribution in [2.24, 2.45) is 11.8 Å². The van der Waals surface area contributed by atoms with Gasteiger partial charge in [0.2, 0.25) is 0 Å². The predicted octanol–water partition coefficient (Wildman–Crippen LogP) is 3.90. The van der Waals surface area contributed by atoms with Crippen LogP contribution in [0.2, 0.25) is 5.82 Å². The Labute approximate surface area is 107 Å². The van der Waals surface area contributed by atoms with Crippen molar-refractivity contribution in [2.75, 3.05) is 0 Å². The average Bonchev–Trinajstić information content (AvgIpc) is 2.34. The summed E-state index contributed by atoms with van der Waals surface area (Å²) in [6.07, 6.45) is 3.86. The van der Waals surface area contributed by atoms with Crippen molar-refractivity contribution in [1.29, 1.82) is 0 Å². The van der Waals surface area contributed by atoms with Crippen molar-refractivity contribution >= 4 is 7.12 Å². The minimum Gasteiger partial charge on any atom is -0.403 e. The molecule has 0 aromatic carbocycles. The number of hydrogen-bond donors (Lipinski definition) is 0. The molecule has 2 nitrogen and oxygen atoms in total. The smallest absolute Gasteiger partial charge is 0.403 e. The molecule has 0 bridgehead atoms. The van der Waals surface area contributed by atoms with E-state index < -0.39 is 0 Å². The van der Waals surface area contributed by atoms with Crippen LogP contribution in [0.3, 0.4) is 0 Å². The highest BCUT2D eigenvalue weighted by molar-refractivity contribution is 6.47. The molecule has 0 N–H and O–H groups in total. The van der Waals surface area contributed by atoms with Crippen molar-refractivity contribution in [1.82, 2.24) is 0 Å². The van der Waals surface area contributed by atoms with E-state index in [-0.39, 0.29) is 18.3 Å². The van der Waals surface area contributed by atoms with Gasteiger partial charge in [-0.05, 0) is 64.6 Å². The molecule has 0 radical (unpaired) electrons. The van der Waals surface area contributed by atoms with Gasteiger partial charge in [-0.1, -0.05) is 13.8 Å². The average molecular weight is 238 g/mol. The highest BCUT2D eigenvalue weighted by atomic mass is 16.7. The van der Waals surface area contributed by atoms with Crippen LogP contribution in [0, 0.1) is 11.8 Å². The van der Waals surface area contributed by atoms with Crippen LogP contribution in [0.25, 0.3) is 0 Å². The lowest BCUT2D eigenvalue weighted by molar-refractivity contribution is 0.00578. The summed E-state index contributed by atoms with van der Waals surface area (Å²) in [6, 6.07) is 0. The van der Waals surface area contributed by atoms with Gasteiger partial charge in [-0.3, -0.25) is 0 Å². The maximum absolute atomic E-state index is 6.18. The molecule has 1 saturated carbocycles. The third-order valence-electron chi connectivity index (χ3n) is 4.87. The molecule has 2 fully saturated rings. The topological polar surface area (TPSA) is 18.5 Å². The van der Waals surface area contributed by atoms with Crippen molar-refractivity contribution < 1.29 is 9.31 Å². The normalized spacial score (nSPS) is 40.6. The first-order valence-corrected chi connectivity index (χ1v) is 7.07. The molecule has 2 unspecified atom stereocenters. The van der Waals surface area contributed by atoms with Crippen LogP contribution in [0.1, 0.15) is 60.8 Å². The Hall–Kier alpha value is -0.0151. The molecule has 0 aromatic heterocycles. The maximum Gasteiger partial charge on any atom is 0.461 e. The molecule has 2 atom stereocenters. The molecule has 2 rings (SSSR count). The van der Waals surface area contributed by atoms with E-state index in [0.29, 0.717) is 5.82 Å². The Balaban J connectivity index is 2.05. The lowest BCUT2D eigenvalue weighted by Crippen LogP contribution is -2.41. The minimum atomic E-state index is -0.179. The van der Waals surface area contributed by atoms with E-state index in [2.05, 4.69) is 41.5 Å². The molecule has 3 heteroatoms. The van der Waals surface area contributed by atoms with Crippen molar-refractivity contribution in [3.63, 3.8) is 0 Å². The van der Waals surface area contributed by atoms with Crippen molar-refractivity contribution in [3.05, 3.63) is 0 Å². The molecule has 2 aliphatic rings. The first-order valence-electron chi connectivity index (χ1n) is 7.07. The number of hydrogen-bond acceptors (Lipinski definition) is 2. The van der Waals surface area contributed by atoms with E-state index in [1.165, 1.54) is 19.3 Å². The molecule has 1 saturated heterocycles. The van der Waals surface area contributed by atoms with Crippen LogP contribution in [-0.2, 0) is 9.31 Å². The fourth-order valence-electron chi connectivity index (χ4n) is 3.31. The summed E-state index contributed by atoms with van der Waals surface area (Å²) in [5.74, 6) is 2.19. The summed E-state index contributed by atoms with van der Waals surface area (Å²) in [5.41, 5.74) is -0.358. The van der Waals surface area contributed by atoms with E-state index in [1.807, 2.05) is 0 Å². The van der Waals surface area contributed by atoms with E-state index in [0.717, 1.165) is 11.8 Å². The van der Waals surface area contributed by atoms with Gasteiger partial charge in [-0.25, -0.2) is 0 Å². The second-order valence-corrected chi connectivity index (χ2v) is 7.30. The van der Waals surface area contributed by atoms with E-state index in [4.69, 9.17) is 9.31 Å². The van der Waals surface area contributed by atoms with Gasteiger partial charge < -0.3 is 9.31 Å². The Morgan fingerprint density at radius 3 is 1.65 bits per heavy atom. The summed E-state index contributed by atoms with van der Waals surface area (Å²) >= 11 is 0. The highest BCUT2D eigenvalue weighted by Crippen LogP contribution is 2.46. The van der Waals surface area contributed by atoms with Gasteiger partial charge in [0.15, 0.2) is 0 Å². The zero-order valence-electron chi connectivity index (χ0n) is 12.2. The molecule has 98 valence electrons. The molecule has 0 amide bonds. The largest absolute Gasteiger partial charge is 0.461 e. The van der Waals surface area contributed by atoms with Crippen LogP contribution in [0.4, 0.5) is 0 Å². The Kier molecular flexibility index (Phi) is 3.37. The molecule has 1 heterocycles. The SMILES string of the molecule is CC1CC(C)CC(B2OC(C)(C)C(C)(C)O2)C1. The third-order valence-corrected chi connectivity index (χ3v) is 4.87. The quantitative estimate of drug-likeness (QED) is 0.645. The second kappa shape index (κ2) is 4.27. The molecular formula is C14H27BO2. The zero-order valence-corrected chi connectivity index (χ0v) is 12.2. The molecule has 1 aliphatic heterocycles. The third kappa shape index (κ3) is 2.55. The summed E-state index contributed by atoms with van der Waals surface area (Å²) < 4.78 is 12.4. The predicted molar refractivity (Wildman–Crippen MR) is 72.0 cm³/mol. The van der Waals surface area contributed by atoms with Crippen molar-refractivity contribution in [3.8, 4) is 0 Å². The fourth-order valence-corrected chi connectivity index (χ4v) is 3.31. The molecule has 1 aliphatic carbocycles. The van der Waals surface area contributed by atoms with E-state index in [1.54, 1.807) is 0 Å². The van der Waals surface area contributed by atoms with Gasteiger partial charge in [0.25, 0.3) is 0 Å². The lowest BCUT2D eigenvalue weighted by atomic mass is 9.60. The summed E-state index contributed by atoms with van der Waals surface area (Å²) in [7, 11) is 0.00481. The van der Waals surface area contributed by atoms with Crippen LogP contribution in [-0.4, -0.2) is 18.3 Å². The van der Waals surface area contributed by atoms with Gasteiger partial charge in [0, 0.05) is 0 Å². The maximum atomic E-state index is 6.18. The van der Waals surface area contributed by atoms with E-state index in [9.17, 15) is 0 Å². The minimum absolute atomic E-state index is 0.00481. The zero-order chi connectivity index (χ0) is 12.8. The van der Waals surface area contributed by atoms with Gasteiger partial charge in [0.1, 0.15) is 0 Å². The first kappa shape index (κ1) is 13.4. The second-order valence-electron chi connectivity index (χ2n) is 7.30. The van der Waals surface area contributed by atoms with Gasteiger partial charge in [-0.2, -0.15) is 0 Å². The number of rotatable bonds is 1. The standard InChI is InChI=1S/C14H27BO2/c1-10-7-11(2)9-12(8-10)15-16-13(3,4)14(5,6)17-15/h10-12H,7-9H2,1-6H3. The van der Waals surface area contributed by atoms with Gasteiger partial charge in [-0.15, -0.1) is 0 Å². The van der Waals surface area contributed by atoms with Crippen LogP contribution < -0.4 is 0 Å². The molecule has 17 heavy (non-hydrogen) atoms. The van der Waals surface area contributed by atoms with Crippen LogP contribution in [0.15, 0.2) is 0 Å².